The highest BCUT2D eigenvalue weighted by atomic mass is 32.2. The molecule has 1 unspecified atom stereocenters. The molecular formula is C14H16N2O6S. The van der Waals surface area contributed by atoms with Crippen LogP contribution in [0.25, 0.3) is 11.1 Å². The van der Waals surface area contributed by atoms with Crippen LogP contribution in [0, 0.1) is 5.92 Å². The summed E-state index contributed by atoms with van der Waals surface area (Å²) < 4.78 is 32.9. The van der Waals surface area contributed by atoms with Crippen molar-refractivity contribution in [2.45, 2.75) is 17.7 Å². The molecule has 1 fully saturated rings. The molecule has 2 heterocycles. The van der Waals surface area contributed by atoms with Crippen molar-refractivity contribution in [3.8, 4) is 0 Å². The largest absolute Gasteiger partial charge is 0.481 e. The van der Waals surface area contributed by atoms with Crippen molar-refractivity contribution in [2.75, 3.05) is 13.1 Å². The van der Waals surface area contributed by atoms with Crippen LogP contribution in [-0.2, 0) is 21.9 Å². The van der Waals surface area contributed by atoms with Gasteiger partial charge in [-0.25, -0.2) is 13.2 Å². The van der Waals surface area contributed by atoms with Gasteiger partial charge in [0.05, 0.1) is 16.3 Å². The number of carboxylic acids is 1. The molecule has 0 radical (unpaired) electrons. The monoisotopic (exact) mass is 340 g/mol. The second-order valence-corrected chi connectivity index (χ2v) is 7.53. The van der Waals surface area contributed by atoms with E-state index in [0.29, 0.717) is 18.4 Å². The number of hydrogen-bond donors (Lipinski definition) is 1. The molecule has 0 amide bonds. The summed E-state index contributed by atoms with van der Waals surface area (Å²) in [5.41, 5.74) is 0.682. The summed E-state index contributed by atoms with van der Waals surface area (Å²) in [6.07, 6.45) is 0.965. The zero-order valence-electron chi connectivity index (χ0n) is 12.4. The fourth-order valence-electron chi connectivity index (χ4n) is 2.79. The Balaban J connectivity index is 1.99. The average molecular weight is 340 g/mol. The minimum absolute atomic E-state index is 0.00890. The summed E-state index contributed by atoms with van der Waals surface area (Å²) in [5.74, 6) is -2.26. The summed E-state index contributed by atoms with van der Waals surface area (Å²) in [5, 5.41) is 9.09. The highest BCUT2D eigenvalue weighted by Gasteiger charge is 2.33. The number of rotatable bonds is 3. The summed E-state index contributed by atoms with van der Waals surface area (Å²) in [6, 6.07) is 4.21. The smallest absolute Gasteiger partial charge is 0.419 e. The highest BCUT2D eigenvalue weighted by Crippen LogP contribution is 2.26. The van der Waals surface area contributed by atoms with Crippen LogP contribution in [-0.4, -0.2) is 41.5 Å². The Morgan fingerprint density at radius 1 is 1.39 bits per heavy atom. The molecule has 2 aromatic rings. The van der Waals surface area contributed by atoms with E-state index in [9.17, 15) is 18.0 Å². The summed E-state index contributed by atoms with van der Waals surface area (Å²) in [4.78, 5) is 22.6. The van der Waals surface area contributed by atoms with Gasteiger partial charge < -0.3 is 9.52 Å². The first-order valence-electron chi connectivity index (χ1n) is 7.13. The van der Waals surface area contributed by atoms with Crippen molar-refractivity contribution in [1.29, 1.82) is 0 Å². The third-order valence-corrected chi connectivity index (χ3v) is 6.00. The molecule has 124 valence electrons. The fourth-order valence-corrected chi connectivity index (χ4v) is 4.33. The van der Waals surface area contributed by atoms with Crippen molar-refractivity contribution in [3.05, 3.63) is 28.7 Å². The van der Waals surface area contributed by atoms with Crippen LogP contribution in [0.5, 0.6) is 0 Å². The third-order valence-electron chi connectivity index (χ3n) is 4.13. The van der Waals surface area contributed by atoms with Crippen molar-refractivity contribution in [1.82, 2.24) is 8.87 Å². The van der Waals surface area contributed by atoms with Gasteiger partial charge in [0.2, 0.25) is 10.0 Å². The Morgan fingerprint density at radius 3 is 2.83 bits per heavy atom. The quantitative estimate of drug-likeness (QED) is 0.877. The highest BCUT2D eigenvalue weighted by molar-refractivity contribution is 7.89. The van der Waals surface area contributed by atoms with E-state index in [1.165, 1.54) is 34.1 Å². The lowest BCUT2D eigenvalue weighted by molar-refractivity contribution is -0.142. The molecule has 1 aliphatic heterocycles. The van der Waals surface area contributed by atoms with Crippen LogP contribution in [0.3, 0.4) is 0 Å². The van der Waals surface area contributed by atoms with E-state index >= 15 is 0 Å². The van der Waals surface area contributed by atoms with Gasteiger partial charge in [0.1, 0.15) is 0 Å². The van der Waals surface area contributed by atoms with Crippen molar-refractivity contribution in [3.63, 3.8) is 0 Å². The van der Waals surface area contributed by atoms with E-state index in [0.717, 1.165) is 0 Å². The number of nitrogens with zero attached hydrogens (tertiary/aromatic N) is 2. The van der Waals surface area contributed by atoms with Crippen LogP contribution in [0.1, 0.15) is 12.8 Å². The predicted molar refractivity (Wildman–Crippen MR) is 80.6 cm³/mol. The van der Waals surface area contributed by atoms with E-state index in [-0.39, 0.29) is 23.6 Å². The molecular weight excluding hydrogens is 324 g/mol. The number of piperidine rings is 1. The Bertz CT molecular complexity index is 926. The molecule has 0 aliphatic carbocycles. The van der Waals surface area contributed by atoms with Crippen LogP contribution >= 0.6 is 0 Å². The first-order chi connectivity index (χ1) is 10.8. The first-order valence-corrected chi connectivity index (χ1v) is 8.57. The summed E-state index contributed by atoms with van der Waals surface area (Å²) >= 11 is 0. The molecule has 8 nitrogen and oxygen atoms in total. The number of fused-ring (bicyclic) bond motifs is 1. The van der Waals surface area contributed by atoms with E-state index in [1.807, 2.05) is 0 Å². The molecule has 1 atom stereocenters. The normalized spacial score (nSPS) is 20.0. The average Bonchev–Trinajstić information content (AvgIpc) is 2.81. The van der Waals surface area contributed by atoms with Crippen LogP contribution < -0.4 is 5.76 Å². The second kappa shape index (κ2) is 5.50. The number of benzene rings is 1. The lowest BCUT2D eigenvalue weighted by Gasteiger charge is -2.29. The maximum atomic E-state index is 12.7. The number of oxazole rings is 1. The number of aryl methyl sites for hydroxylation is 1. The number of aliphatic carboxylic acids is 1. The van der Waals surface area contributed by atoms with Gasteiger partial charge in [0.15, 0.2) is 5.58 Å². The summed E-state index contributed by atoms with van der Waals surface area (Å²) in [7, 11) is -2.29. The maximum absolute atomic E-state index is 12.7. The topological polar surface area (TPSA) is 110 Å². The van der Waals surface area contributed by atoms with Gasteiger partial charge in [-0.15, -0.1) is 0 Å². The Morgan fingerprint density at radius 2 is 2.13 bits per heavy atom. The molecule has 1 aliphatic rings. The van der Waals surface area contributed by atoms with E-state index in [2.05, 4.69) is 0 Å². The van der Waals surface area contributed by atoms with Gasteiger partial charge in [-0.2, -0.15) is 4.31 Å². The summed E-state index contributed by atoms with van der Waals surface area (Å²) in [6.45, 7) is 0.233. The number of aromatic nitrogens is 1. The third kappa shape index (κ3) is 2.66. The first kappa shape index (κ1) is 15.8. The molecule has 0 bridgehead atoms. The molecule has 1 saturated heterocycles. The van der Waals surface area contributed by atoms with Gasteiger partial charge in [-0.1, -0.05) is 0 Å². The van der Waals surface area contributed by atoms with Gasteiger partial charge in [-0.05, 0) is 25.0 Å². The molecule has 0 spiro atoms. The lowest BCUT2D eigenvalue weighted by atomic mass is 10.0. The number of carbonyl (C=O) groups is 1. The minimum atomic E-state index is -3.82. The molecule has 1 N–H and O–H groups in total. The lowest BCUT2D eigenvalue weighted by Crippen LogP contribution is -2.42. The molecule has 1 aromatic carbocycles. The number of carboxylic acid groups (broad SMARTS) is 1. The van der Waals surface area contributed by atoms with Crippen molar-refractivity contribution in [2.24, 2.45) is 13.0 Å². The zero-order chi connectivity index (χ0) is 16.8. The SMILES string of the molecule is Cn1c(=O)oc2cc(S(=O)(=O)N3CCCC(C(=O)O)C3)ccc21. The van der Waals surface area contributed by atoms with Crippen LogP contribution in [0.15, 0.2) is 32.3 Å². The van der Waals surface area contributed by atoms with Crippen LogP contribution in [0.2, 0.25) is 0 Å². The van der Waals surface area contributed by atoms with Gasteiger partial charge >= 0.3 is 11.7 Å². The Kier molecular flexibility index (Phi) is 3.77. The van der Waals surface area contributed by atoms with Gasteiger partial charge in [0, 0.05) is 26.2 Å². The van der Waals surface area contributed by atoms with Gasteiger partial charge in [-0.3, -0.25) is 9.36 Å². The molecule has 1 aromatic heterocycles. The molecule has 3 rings (SSSR count). The standard InChI is InChI=1S/C14H16N2O6S/c1-15-11-5-4-10(7-12(11)22-14(15)19)23(20,21)16-6-2-3-9(8-16)13(17)18/h4-5,7,9H,2-3,6,8H2,1H3,(H,17,18). The van der Waals surface area contributed by atoms with Crippen LogP contribution in [0.4, 0.5) is 0 Å². The Hall–Kier alpha value is -2.13. The van der Waals surface area contributed by atoms with Crippen molar-refractivity contribution >= 4 is 27.1 Å². The zero-order valence-corrected chi connectivity index (χ0v) is 13.2. The molecule has 23 heavy (non-hydrogen) atoms. The van der Waals surface area contributed by atoms with E-state index < -0.39 is 27.7 Å². The number of hydrogen-bond acceptors (Lipinski definition) is 5. The fraction of sp³-hybridized carbons (Fsp3) is 0.429. The van der Waals surface area contributed by atoms with E-state index in [4.69, 9.17) is 9.52 Å². The predicted octanol–water partition coefficient (Wildman–Crippen LogP) is 0.617. The Labute approximate surface area is 132 Å². The van der Waals surface area contributed by atoms with E-state index in [1.54, 1.807) is 0 Å². The minimum Gasteiger partial charge on any atom is -0.481 e. The molecule has 9 heteroatoms. The second-order valence-electron chi connectivity index (χ2n) is 5.60. The number of sulfonamides is 1. The maximum Gasteiger partial charge on any atom is 0.419 e. The van der Waals surface area contributed by atoms with Gasteiger partial charge in [0.25, 0.3) is 0 Å². The molecule has 0 saturated carbocycles. The van der Waals surface area contributed by atoms with Crippen molar-refractivity contribution < 1.29 is 22.7 Å².